The van der Waals surface area contributed by atoms with E-state index >= 15 is 0 Å². The minimum absolute atomic E-state index is 0.0895. The fraction of sp³-hybridized carbons (Fsp3) is 0.846. The van der Waals surface area contributed by atoms with E-state index in [1.807, 2.05) is 0 Å². The molecule has 5 heteroatoms. The Morgan fingerprint density at radius 2 is 1.94 bits per heavy atom. The first-order valence-corrected chi connectivity index (χ1v) is 6.73. The lowest BCUT2D eigenvalue weighted by Crippen LogP contribution is -2.25. The molecule has 1 aromatic heterocycles. The fourth-order valence-electron chi connectivity index (χ4n) is 2.57. The van der Waals surface area contributed by atoms with E-state index in [0.29, 0.717) is 23.7 Å². The van der Waals surface area contributed by atoms with Crippen molar-refractivity contribution in [1.29, 1.82) is 0 Å². The summed E-state index contributed by atoms with van der Waals surface area (Å²) in [6.07, 6.45) is 4.08. The highest BCUT2D eigenvalue weighted by Gasteiger charge is 2.27. The zero-order valence-electron chi connectivity index (χ0n) is 11.4. The van der Waals surface area contributed by atoms with Crippen LogP contribution in [0.4, 0.5) is 0 Å². The molecule has 102 valence electrons. The van der Waals surface area contributed by atoms with E-state index in [1.165, 1.54) is 0 Å². The summed E-state index contributed by atoms with van der Waals surface area (Å²) in [5.74, 6) is 2.12. The Kier molecular flexibility index (Phi) is 4.35. The minimum atomic E-state index is -0.0895. The maximum absolute atomic E-state index is 5.90. The lowest BCUT2D eigenvalue weighted by atomic mass is 9.86. The van der Waals surface area contributed by atoms with E-state index in [1.54, 1.807) is 7.11 Å². The van der Waals surface area contributed by atoms with Crippen molar-refractivity contribution in [3.05, 3.63) is 11.7 Å². The summed E-state index contributed by atoms with van der Waals surface area (Å²) < 4.78 is 10.8. The molecule has 0 saturated heterocycles. The lowest BCUT2D eigenvalue weighted by Gasteiger charge is -2.23. The first-order valence-electron chi connectivity index (χ1n) is 6.73. The molecular weight excluding hydrogens is 230 g/mol. The van der Waals surface area contributed by atoms with Crippen LogP contribution < -0.4 is 5.73 Å². The van der Waals surface area contributed by atoms with Crippen molar-refractivity contribution in [1.82, 2.24) is 10.1 Å². The van der Waals surface area contributed by atoms with Crippen LogP contribution in [0.15, 0.2) is 4.52 Å². The Hall–Kier alpha value is -0.940. The third-order valence-electron chi connectivity index (χ3n) is 3.69. The highest BCUT2D eigenvalue weighted by molar-refractivity contribution is 4.99. The molecular formula is C13H23N3O2. The van der Waals surface area contributed by atoms with Crippen LogP contribution in [-0.4, -0.2) is 23.3 Å². The van der Waals surface area contributed by atoms with Crippen LogP contribution in [0.25, 0.3) is 0 Å². The van der Waals surface area contributed by atoms with Gasteiger partial charge in [-0.15, -0.1) is 0 Å². The van der Waals surface area contributed by atoms with E-state index in [9.17, 15) is 0 Å². The smallest absolute Gasteiger partial charge is 0.229 e. The van der Waals surface area contributed by atoms with Gasteiger partial charge in [0.2, 0.25) is 11.7 Å². The third-order valence-corrected chi connectivity index (χ3v) is 3.69. The van der Waals surface area contributed by atoms with Gasteiger partial charge in [-0.2, -0.15) is 4.98 Å². The monoisotopic (exact) mass is 253 g/mol. The second kappa shape index (κ2) is 5.80. The topological polar surface area (TPSA) is 74.2 Å². The van der Waals surface area contributed by atoms with E-state index < -0.39 is 0 Å². The Balaban J connectivity index is 2.05. The van der Waals surface area contributed by atoms with Gasteiger partial charge in [-0.25, -0.2) is 0 Å². The molecule has 18 heavy (non-hydrogen) atoms. The van der Waals surface area contributed by atoms with Crippen molar-refractivity contribution < 1.29 is 9.26 Å². The van der Waals surface area contributed by atoms with Crippen molar-refractivity contribution in [3.63, 3.8) is 0 Å². The Morgan fingerprint density at radius 1 is 1.28 bits per heavy atom. The Bertz CT molecular complexity index is 370. The van der Waals surface area contributed by atoms with Gasteiger partial charge in [-0.3, -0.25) is 0 Å². The summed E-state index contributed by atoms with van der Waals surface area (Å²) in [7, 11) is 1.68. The quantitative estimate of drug-likeness (QED) is 0.891. The Labute approximate surface area is 108 Å². The van der Waals surface area contributed by atoms with Gasteiger partial charge >= 0.3 is 0 Å². The summed E-state index contributed by atoms with van der Waals surface area (Å²) in [5.41, 5.74) is 5.90. The van der Waals surface area contributed by atoms with Gasteiger partial charge in [0, 0.05) is 19.1 Å². The maximum Gasteiger partial charge on any atom is 0.229 e. The van der Waals surface area contributed by atoms with Gasteiger partial charge < -0.3 is 15.0 Å². The average Bonchev–Trinajstić information content (AvgIpc) is 2.80. The summed E-state index contributed by atoms with van der Waals surface area (Å²) in [5, 5.41) is 4.06. The molecule has 0 amide bonds. The average molecular weight is 253 g/mol. The molecule has 2 N–H and O–H groups in total. The number of hydrogen-bond donors (Lipinski definition) is 1. The van der Waals surface area contributed by atoms with Gasteiger partial charge in [0.05, 0.1) is 0 Å². The third kappa shape index (κ3) is 2.90. The summed E-state index contributed by atoms with van der Waals surface area (Å²) in [4.78, 5) is 4.51. The van der Waals surface area contributed by atoms with Crippen LogP contribution in [0.1, 0.15) is 63.3 Å². The molecule has 0 bridgehead atoms. The second-order valence-corrected chi connectivity index (χ2v) is 5.50. The zero-order valence-corrected chi connectivity index (χ0v) is 11.4. The molecule has 0 aliphatic heterocycles. The van der Waals surface area contributed by atoms with Crippen molar-refractivity contribution in [2.75, 3.05) is 7.11 Å². The number of nitrogens with zero attached hydrogens (tertiary/aromatic N) is 2. The Morgan fingerprint density at radius 3 is 2.50 bits per heavy atom. The van der Waals surface area contributed by atoms with Crippen molar-refractivity contribution in [3.8, 4) is 0 Å². The summed E-state index contributed by atoms with van der Waals surface area (Å²) in [6, 6.07) is 0.339. The molecule has 1 aliphatic carbocycles. The van der Waals surface area contributed by atoms with Crippen LogP contribution in [0, 0.1) is 5.92 Å². The molecule has 1 heterocycles. The molecule has 1 aliphatic rings. The minimum Gasteiger partial charge on any atom is -0.373 e. The zero-order chi connectivity index (χ0) is 13.1. The van der Waals surface area contributed by atoms with Crippen LogP contribution in [0.5, 0.6) is 0 Å². The highest BCUT2D eigenvalue weighted by atomic mass is 16.5. The molecule has 1 fully saturated rings. The molecule has 2 rings (SSSR count). The normalized spacial score (nSPS) is 26.5. The molecule has 1 aromatic rings. The number of aromatic nitrogens is 2. The van der Waals surface area contributed by atoms with Crippen LogP contribution in [0.3, 0.4) is 0 Å². The molecule has 0 spiro atoms. The van der Waals surface area contributed by atoms with E-state index in [4.69, 9.17) is 15.0 Å². The fourth-order valence-corrected chi connectivity index (χ4v) is 2.57. The molecule has 1 unspecified atom stereocenters. The van der Waals surface area contributed by atoms with Crippen LogP contribution >= 0.6 is 0 Å². The number of methoxy groups -OCH3 is 1. The largest absolute Gasteiger partial charge is 0.373 e. The van der Waals surface area contributed by atoms with Crippen molar-refractivity contribution >= 4 is 0 Å². The predicted molar refractivity (Wildman–Crippen MR) is 68.1 cm³/mol. The van der Waals surface area contributed by atoms with Gasteiger partial charge in [0.1, 0.15) is 6.10 Å². The van der Waals surface area contributed by atoms with Crippen molar-refractivity contribution in [2.45, 2.75) is 57.6 Å². The second-order valence-electron chi connectivity index (χ2n) is 5.50. The highest BCUT2D eigenvalue weighted by Crippen LogP contribution is 2.32. The molecule has 0 aromatic carbocycles. The van der Waals surface area contributed by atoms with E-state index in [2.05, 4.69) is 24.0 Å². The summed E-state index contributed by atoms with van der Waals surface area (Å²) in [6.45, 7) is 4.17. The van der Waals surface area contributed by atoms with E-state index in [0.717, 1.165) is 31.6 Å². The molecule has 1 saturated carbocycles. The van der Waals surface area contributed by atoms with Gasteiger partial charge in [0.15, 0.2) is 0 Å². The van der Waals surface area contributed by atoms with Gasteiger partial charge in [-0.1, -0.05) is 19.0 Å². The SMILES string of the molecule is COC(c1noc(C2CCC(N)CC2)n1)C(C)C. The van der Waals surface area contributed by atoms with Gasteiger partial charge in [-0.05, 0) is 31.6 Å². The first-order chi connectivity index (χ1) is 8.61. The number of rotatable bonds is 4. The number of nitrogens with two attached hydrogens (primary N) is 1. The first kappa shape index (κ1) is 13.5. The van der Waals surface area contributed by atoms with E-state index in [-0.39, 0.29) is 6.10 Å². The van der Waals surface area contributed by atoms with Crippen molar-refractivity contribution in [2.24, 2.45) is 11.7 Å². The summed E-state index contributed by atoms with van der Waals surface area (Å²) >= 11 is 0. The molecule has 5 nitrogen and oxygen atoms in total. The number of ether oxygens (including phenoxy) is 1. The molecule has 0 radical (unpaired) electrons. The van der Waals surface area contributed by atoms with Gasteiger partial charge in [0.25, 0.3) is 0 Å². The predicted octanol–water partition coefficient (Wildman–Crippen LogP) is 2.40. The number of hydrogen-bond acceptors (Lipinski definition) is 5. The standard InChI is InChI=1S/C13H23N3O2/c1-8(2)11(17-3)12-15-13(18-16-12)9-4-6-10(14)7-5-9/h8-11H,4-7,14H2,1-3H3. The molecule has 1 atom stereocenters. The maximum atomic E-state index is 5.90. The van der Waals surface area contributed by atoms with Crippen LogP contribution in [0.2, 0.25) is 0 Å². The lowest BCUT2D eigenvalue weighted by molar-refractivity contribution is 0.0555. The van der Waals surface area contributed by atoms with Crippen LogP contribution in [-0.2, 0) is 4.74 Å².